The number of fused-ring (bicyclic) bond motifs is 1. The minimum absolute atomic E-state index is 0.103. The van der Waals surface area contributed by atoms with Crippen LogP contribution in [0.2, 0.25) is 0 Å². The molecule has 7 N–H and O–H groups in total. The Morgan fingerprint density at radius 2 is 1.59 bits per heavy atom. The highest BCUT2D eigenvalue weighted by molar-refractivity contribution is 5.96. The molecule has 0 aliphatic carbocycles. The number of aliphatic carboxylic acids is 2. The first-order valence-corrected chi connectivity index (χ1v) is 12.4. The number of aromatic amines is 2. The van der Waals surface area contributed by atoms with Gasteiger partial charge in [0, 0.05) is 17.7 Å². The number of rotatable bonds is 15. The third-order valence-corrected chi connectivity index (χ3v) is 6.20. The molecule has 2 aromatic heterocycles. The maximum absolute atomic E-state index is 12.3. The number of nitrogens with zero attached hydrogens (tertiary/aromatic N) is 1. The summed E-state index contributed by atoms with van der Waals surface area (Å²) in [6, 6.07) is 7.61. The van der Waals surface area contributed by atoms with Crippen LogP contribution < -0.4 is 16.6 Å². The Morgan fingerprint density at radius 1 is 0.946 bits per heavy atom. The van der Waals surface area contributed by atoms with Gasteiger partial charge in [-0.1, -0.05) is 37.8 Å². The van der Waals surface area contributed by atoms with E-state index in [4.69, 9.17) is 10.8 Å². The smallest absolute Gasteiger partial charge is 0.326 e. The van der Waals surface area contributed by atoms with Gasteiger partial charge in [0.2, 0.25) is 5.95 Å². The summed E-state index contributed by atoms with van der Waals surface area (Å²) in [5.74, 6) is -2.81. The summed E-state index contributed by atoms with van der Waals surface area (Å²) in [5, 5.41) is 20.8. The van der Waals surface area contributed by atoms with E-state index in [0.717, 1.165) is 62.6 Å². The zero-order valence-corrected chi connectivity index (χ0v) is 20.6. The second-order valence-corrected chi connectivity index (χ2v) is 9.12. The standard InChI is InChI=1S/C26H33N5O6/c27-26-30-22-19(24(35)31-26)15-18(28-22)8-6-4-2-1-3-5-7-16-9-11-17(12-10-16)23(34)29-20(25(36)37)13-14-21(32)33/h9-12,15,20H,1-8,13-14H2,(H,29,34)(H,32,33)(H,36,37)(H4,27,28,30,31,35). The molecule has 0 aliphatic heterocycles. The van der Waals surface area contributed by atoms with Crippen molar-refractivity contribution in [2.45, 2.75) is 70.3 Å². The molecule has 1 atom stereocenters. The molecule has 0 fully saturated rings. The number of carboxylic acids is 2. The van der Waals surface area contributed by atoms with Crippen molar-refractivity contribution >= 4 is 34.8 Å². The topological polar surface area (TPSA) is 191 Å². The monoisotopic (exact) mass is 511 g/mol. The number of carbonyl (C=O) groups excluding carboxylic acids is 1. The fraction of sp³-hybridized carbons (Fsp3) is 0.423. The third kappa shape index (κ3) is 8.48. The Kier molecular flexibility index (Phi) is 9.82. The molecule has 0 saturated carbocycles. The number of H-pyrrole nitrogens is 2. The number of aryl methyl sites for hydroxylation is 2. The van der Waals surface area contributed by atoms with Gasteiger partial charge in [0.1, 0.15) is 11.7 Å². The second-order valence-electron chi connectivity index (χ2n) is 9.12. The molecule has 0 aliphatic rings. The molecule has 0 bridgehead atoms. The van der Waals surface area contributed by atoms with Crippen LogP contribution in [-0.4, -0.2) is 49.1 Å². The maximum Gasteiger partial charge on any atom is 0.326 e. The van der Waals surface area contributed by atoms with E-state index in [1.807, 2.05) is 18.2 Å². The average molecular weight is 512 g/mol. The van der Waals surface area contributed by atoms with Crippen LogP contribution in [0.15, 0.2) is 35.1 Å². The van der Waals surface area contributed by atoms with Gasteiger partial charge in [0.15, 0.2) is 0 Å². The normalized spacial score (nSPS) is 11.9. The van der Waals surface area contributed by atoms with Crippen molar-refractivity contribution < 1.29 is 24.6 Å². The van der Waals surface area contributed by atoms with Gasteiger partial charge >= 0.3 is 11.9 Å². The fourth-order valence-corrected chi connectivity index (χ4v) is 4.17. The number of anilines is 1. The van der Waals surface area contributed by atoms with E-state index >= 15 is 0 Å². The summed E-state index contributed by atoms with van der Waals surface area (Å²) >= 11 is 0. The number of nitrogens with one attached hydrogen (secondary N) is 3. The van der Waals surface area contributed by atoms with Crippen LogP contribution in [0.5, 0.6) is 0 Å². The Hall–Kier alpha value is -4.15. The van der Waals surface area contributed by atoms with Crippen LogP contribution in [0.1, 0.15) is 73.0 Å². The molecule has 1 unspecified atom stereocenters. The van der Waals surface area contributed by atoms with E-state index in [-0.39, 0.29) is 24.3 Å². The highest BCUT2D eigenvalue weighted by atomic mass is 16.4. The Labute approximate surface area is 213 Å². The van der Waals surface area contributed by atoms with Crippen molar-refractivity contribution in [3.05, 3.63) is 57.5 Å². The predicted octanol–water partition coefficient (Wildman–Crippen LogP) is 3.01. The lowest BCUT2D eigenvalue weighted by Crippen LogP contribution is -2.41. The molecule has 0 saturated heterocycles. The van der Waals surface area contributed by atoms with Crippen molar-refractivity contribution in [3.63, 3.8) is 0 Å². The van der Waals surface area contributed by atoms with Crippen molar-refractivity contribution in [1.29, 1.82) is 0 Å². The molecule has 37 heavy (non-hydrogen) atoms. The zero-order chi connectivity index (χ0) is 26.8. The van der Waals surface area contributed by atoms with Gasteiger partial charge in [-0.15, -0.1) is 0 Å². The van der Waals surface area contributed by atoms with Gasteiger partial charge < -0.3 is 26.2 Å². The first-order chi connectivity index (χ1) is 17.7. The lowest BCUT2D eigenvalue weighted by molar-refractivity contribution is -0.140. The molecule has 198 valence electrons. The maximum atomic E-state index is 12.3. The number of carbonyl (C=O) groups is 3. The molecule has 0 radical (unpaired) electrons. The number of benzene rings is 1. The number of aromatic nitrogens is 3. The van der Waals surface area contributed by atoms with E-state index in [9.17, 15) is 24.3 Å². The number of hydrogen-bond donors (Lipinski definition) is 6. The van der Waals surface area contributed by atoms with Gasteiger partial charge in [0.05, 0.1) is 5.39 Å². The Morgan fingerprint density at radius 3 is 2.24 bits per heavy atom. The van der Waals surface area contributed by atoms with E-state index in [1.54, 1.807) is 12.1 Å². The lowest BCUT2D eigenvalue weighted by atomic mass is 10.0. The summed E-state index contributed by atoms with van der Waals surface area (Å²) in [6.45, 7) is 0. The largest absolute Gasteiger partial charge is 0.481 e. The van der Waals surface area contributed by atoms with Crippen LogP contribution >= 0.6 is 0 Å². The Balaban J connectivity index is 1.31. The van der Waals surface area contributed by atoms with Crippen molar-refractivity contribution in [2.24, 2.45) is 0 Å². The first-order valence-electron chi connectivity index (χ1n) is 12.4. The average Bonchev–Trinajstić information content (AvgIpc) is 3.26. The minimum atomic E-state index is -1.26. The molecule has 1 amide bonds. The second kappa shape index (κ2) is 13.2. The van der Waals surface area contributed by atoms with Crippen molar-refractivity contribution in [2.75, 3.05) is 5.73 Å². The number of hydrogen-bond acceptors (Lipinski definition) is 6. The fourth-order valence-electron chi connectivity index (χ4n) is 4.17. The van der Waals surface area contributed by atoms with Crippen LogP contribution in [0.25, 0.3) is 11.0 Å². The molecule has 1 aromatic carbocycles. The third-order valence-electron chi connectivity index (χ3n) is 6.20. The van der Waals surface area contributed by atoms with Gasteiger partial charge in [-0.25, -0.2) is 4.79 Å². The molecule has 3 rings (SSSR count). The Bertz CT molecular complexity index is 1280. The van der Waals surface area contributed by atoms with E-state index in [0.29, 0.717) is 16.6 Å². The van der Waals surface area contributed by atoms with Crippen molar-refractivity contribution in [3.8, 4) is 0 Å². The minimum Gasteiger partial charge on any atom is -0.481 e. The van der Waals surface area contributed by atoms with E-state index < -0.39 is 23.9 Å². The number of unbranched alkanes of at least 4 members (excludes halogenated alkanes) is 5. The SMILES string of the molecule is Nc1nc2[nH]c(CCCCCCCCc3ccc(C(=O)NC(CCC(=O)O)C(=O)O)cc3)cc2c(=O)[nH]1. The van der Waals surface area contributed by atoms with Crippen molar-refractivity contribution in [1.82, 2.24) is 20.3 Å². The van der Waals surface area contributed by atoms with Crippen LogP contribution in [0.3, 0.4) is 0 Å². The van der Waals surface area contributed by atoms with E-state index in [1.165, 1.54) is 0 Å². The van der Waals surface area contributed by atoms with Gasteiger partial charge in [0.25, 0.3) is 11.5 Å². The summed E-state index contributed by atoms with van der Waals surface area (Å²) in [5.41, 5.74) is 8.28. The van der Waals surface area contributed by atoms with Gasteiger partial charge in [-0.2, -0.15) is 4.98 Å². The number of amides is 1. The highest BCUT2D eigenvalue weighted by Gasteiger charge is 2.21. The predicted molar refractivity (Wildman–Crippen MR) is 138 cm³/mol. The molecule has 3 aromatic rings. The first kappa shape index (κ1) is 27.4. The van der Waals surface area contributed by atoms with Gasteiger partial charge in [-0.3, -0.25) is 19.4 Å². The van der Waals surface area contributed by atoms with E-state index in [2.05, 4.69) is 20.3 Å². The molecular weight excluding hydrogens is 478 g/mol. The molecule has 11 heteroatoms. The van der Waals surface area contributed by atoms with Crippen LogP contribution in [0.4, 0.5) is 5.95 Å². The summed E-state index contributed by atoms with van der Waals surface area (Å²) in [7, 11) is 0. The highest BCUT2D eigenvalue weighted by Crippen LogP contribution is 2.15. The van der Waals surface area contributed by atoms with Crippen LogP contribution in [-0.2, 0) is 22.4 Å². The lowest BCUT2D eigenvalue weighted by Gasteiger charge is -2.13. The summed E-state index contributed by atoms with van der Waals surface area (Å²) < 4.78 is 0. The molecule has 2 heterocycles. The number of carboxylic acid groups (broad SMARTS) is 2. The summed E-state index contributed by atoms with van der Waals surface area (Å²) in [4.78, 5) is 55.9. The quantitative estimate of drug-likeness (QED) is 0.168. The molecular formula is C26H33N5O6. The summed E-state index contributed by atoms with van der Waals surface area (Å²) in [6.07, 6.45) is 7.70. The number of nitrogen functional groups attached to an aromatic ring is 1. The van der Waals surface area contributed by atoms with Gasteiger partial charge in [-0.05, 0) is 55.9 Å². The molecule has 0 spiro atoms. The number of nitrogens with two attached hydrogens (primary N) is 1. The van der Waals surface area contributed by atoms with Crippen LogP contribution in [0, 0.1) is 0 Å². The zero-order valence-electron chi connectivity index (χ0n) is 20.6. The molecule has 11 nitrogen and oxygen atoms in total.